The first-order valence-electron chi connectivity index (χ1n) is 10.9. The molecule has 1 fully saturated rings. The minimum Gasteiger partial charge on any atom is -0.338 e. The molecule has 154 valence electrons. The molecule has 30 heavy (non-hydrogen) atoms. The van der Waals surface area contributed by atoms with Crippen molar-refractivity contribution in [1.29, 1.82) is 0 Å². The van der Waals surface area contributed by atoms with Crippen molar-refractivity contribution in [2.45, 2.75) is 31.7 Å². The van der Waals surface area contributed by atoms with E-state index in [4.69, 9.17) is 4.98 Å². The van der Waals surface area contributed by atoms with E-state index in [0.29, 0.717) is 13.1 Å². The zero-order valence-electron chi connectivity index (χ0n) is 17.2. The first-order valence-corrected chi connectivity index (χ1v) is 11.7. The highest BCUT2D eigenvalue weighted by atomic mass is 32.1. The number of fused-ring (bicyclic) bond motifs is 1. The second kappa shape index (κ2) is 8.70. The molecule has 5 rings (SSSR count). The Kier molecular flexibility index (Phi) is 5.65. The van der Waals surface area contributed by atoms with Gasteiger partial charge in [0.2, 0.25) is 5.91 Å². The van der Waals surface area contributed by atoms with Crippen LogP contribution in [0.15, 0.2) is 60.7 Å². The smallest absolute Gasteiger partial charge is 0.237 e. The number of carbonyl (C=O) groups excluding carboxylic acids is 1. The summed E-state index contributed by atoms with van der Waals surface area (Å²) in [5.74, 6) is 0.242. The molecule has 1 aromatic heterocycles. The van der Waals surface area contributed by atoms with Crippen LogP contribution in [0.3, 0.4) is 0 Å². The Bertz CT molecular complexity index is 1030. The summed E-state index contributed by atoms with van der Waals surface area (Å²) >= 11 is 1.78. The van der Waals surface area contributed by atoms with Crippen molar-refractivity contribution in [3.8, 4) is 0 Å². The van der Waals surface area contributed by atoms with Crippen LogP contribution in [0.5, 0.6) is 0 Å². The molecule has 5 heteroatoms. The fraction of sp³-hybridized carbons (Fsp3) is 0.360. The van der Waals surface area contributed by atoms with Gasteiger partial charge < -0.3 is 4.90 Å². The van der Waals surface area contributed by atoms with Gasteiger partial charge in [-0.05, 0) is 49.1 Å². The molecule has 1 atom stereocenters. The molecule has 2 aromatic carbocycles. The number of thiazole rings is 1. The molecule has 0 saturated carbocycles. The van der Waals surface area contributed by atoms with Crippen molar-refractivity contribution >= 4 is 33.0 Å². The highest BCUT2D eigenvalue weighted by Crippen LogP contribution is 2.35. The summed E-state index contributed by atoms with van der Waals surface area (Å²) in [6.45, 7) is 2.99. The van der Waals surface area contributed by atoms with Gasteiger partial charge in [-0.15, -0.1) is 11.3 Å². The van der Waals surface area contributed by atoms with Crippen LogP contribution in [-0.4, -0.2) is 46.9 Å². The van der Waals surface area contributed by atoms with Crippen LogP contribution in [0.4, 0.5) is 0 Å². The molecule has 3 heterocycles. The van der Waals surface area contributed by atoms with Gasteiger partial charge in [-0.25, -0.2) is 4.98 Å². The van der Waals surface area contributed by atoms with Gasteiger partial charge in [-0.3, -0.25) is 9.69 Å². The van der Waals surface area contributed by atoms with Crippen LogP contribution in [0.25, 0.3) is 15.8 Å². The summed E-state index contributed by atoms with van der Waals surface area (Å²) < 4.78 is 1.24. The van der Waals surface area contributed by atoms with Crippen LogP contribution in [0.2, 0.25) is 0 Å². The largest absolute Gasteiger partial charge is 0.338 e. The van der Waals surface area contributed by atoms with Crippen molar-refractivity contribution in [1.82, 2.24) is 14.8 Å². The lowest BCUT2D eigenvalue weighted by Crippen LogP contribution is -2.44. The predicted octanol–water partition coefficient (Wildman–Crippen LogP) is 5.14. The zero-order valence-corrected chi connectivity index (χ0v) is 18.0. The Balaban J connectivity index is 1.27. The summed E-state index contributed by atoms with van der Waals surface area (Å²) in [4.78, 5) is 22.4. The molecule has 0 N–H and O–H groups in total. The minimum absolute atomic E-state index is 0.242. The normalized spacial score (nSPS) is 20.3. The van der Waals surface area contributed by atoms with E-state index in [1.54, 1.807) is 11.3 Å². The van der Waals surface area contributed by atoms with Crippen LogP contribution < -0.4 is 0 Å². The molecule has 0 radical (unpaired) electrons. The molecule has 4 nitrogen and oxygen atoms in total. The highest BCUT2D eigenvalue weighted by molar-refractivity contribution is 7.18. The highest BCUT2D eigenvalue weighted by Gasteiger charge is 2.30. The van der Waals surface area contributed by atoms with Gasteiger partial charge in [0, 0.05) is 13.1 Å². The number of amides is 1. The maximum Gasteiger partial charge on any atom is 0.237 e. The molecule has 1 saturated heterocycles. The topological polar surface area (TPSA) is 36.4 Å². The van der Waals surface area contributed by atoms with Crippen molar-refractivity contribution < 1.29 is 4.79 Å². The standard InChI is InChI=1S/C25H27N3OS/c29-24(27-16-13-20(14-17-27)19-8-2-1-3-9-19)18-28-15-7-6-11-22(28)25-26-21-10-4-5-12-23(21)30-25/h1-5,8-10,12-13,22H,6-7,11,14-18H2/t22-/m1/s1. The third-order valence-corrected chi connectivity index (χ3v) is 7.39. The van der Waals surface area contributed by atoms with Crippen LogP contribution in [0, 0.1) is 0 Å². The number of hydrogen-bond donors (Lipinski definition) is 0. The maximum absolute atomic E-state index is 13.1. The second-order valence-corrected chi connectivity index (χ2v) is 9.25. The van der Waals surface area contributed by atoms with Gasteiger partial charge in [0.05, 0.1) is 22.8 Å². The number of hydrogen-bond acceptors (Lipinski definition) is 4. The number of benzene rings is 2. The van der Waals surface area contributed by atoms with Crippen LogP contribution in [-0.2, 0) is 4.79 Å². The third kappa shape index (κ3) is 4.05. The quantitative estimate of drug-likeness (QED) is 0.590. The van der Waals surface area contributed by atoms with Gasteiger partial charge in [-0.1, -0.05) is 55.0 Å². The molecule has 1 amide bonds. The number of piperidine rings is 1. The number of aromatic nitrogens is 1. The van der Waals surface area contributed by atoms with E-state index in [-0.39, 0.29) is 11.9 Å². The maximum atomic E-state index is 13.1. The average molecular weight is 418 g/mol. The van der Waals surface area contributed by atoms with Crippen molar-refractivity contribution in [2.24, 2.45) is 0 Å². The molecular formula is C25H27N3OS. The van der Waals surface area contributed by atoms with Crippen molar-refractivity contribution in [3.05, 3.63) is 71.2 Å². The molecular weight excluding hydrogens is 390 g/mol. The fourth-order valence-corrected chi connectivity index (χ4v) is 5.71. The molecule has 0 spiro atoms. The van der Waals surface area contributed by atoms with E-state index >= 15 is 0 Å². The number of rotatable bonds is 4. The summed E-state index contributed by atoms with van der Waals surface area (Å²) in [5.41, 5.74) is 3.70. The van der Waals surface area contributed by atoms with Crippen LogP contribution >= 0.6 is 11.3 Å². The lowest BCUT2D eigenvalue weighted by molar-refractivity contribution is -0.133. The third-order valence-electron chi connectivity index (χ3n) is 6.25. The molecule has 2 aliphatic heterocycles. The molecule has 2 aliphatic rings. The Labute approximate surface area is 181 Å². The average Bonchev–Trinajstić information content (AvgIpc) is 3.24. The Morgan fingerprint density at radius 2 is 1.87 bits per heavy atom. The number of para-hydroxylation sites is 1. The van der Waals surface area contributed by atoms with Gasteiger partial charge in [0.15, 0.2) is 0 Å². The van der Waals surface area contributed by atoms with E-state index in [1.807, 2.05) is 17.0 Å². The van der Waals surface area contributed by atoms with E-state index in [0.717, 1.165) is 42.9 Å². The van der Waals surface area contributed by atoms with E-state index in [1.165, 1.54) is 22.3 Å². The summed E-state index contributed by atoms with van der Waals surface area (Å²) in [6, 6.07) is 19.1. The number of likely N-dealkylation sites (tertiary alicyclic amines) is 1. The molecule has 0 bridgehead atoms. The Morgan fingerprint density at radius 3 is 2.67 bits per heavy atom. The first-order chi connectivity index (χ1) is 14.8. The number of nitrogens with zero attached hydrogens (tertiary/aromatic N) is 3. The van der Waals surface area contributed by atoms with Gasteiger partial charge in [0.1, 0.15) is 5.01 Å². The summed E-state index contributed by atoms with van der Waals surface area (Å²) in [5, 5.41) is 1.16. The molecule has 3 aromatic rings. The van der Waals surface area contributed by atoms with Crippen molar-refractivity contribution in [3.63, 3.8) is 0 Å². The Hall–Kier alpha value is -2.50. The predicted molar refractivity (Wildman–Crippen MR) is 123 cm³/mol. The monoisotopic (exact) mass is 417 g/mol. The molecule has 0 unspecified atom stereocenters. The minimum atomic E-state index is 0.242. The van der Waals surface area contributed by atoms with Gasteiger partial charge in [0.25, 0.3) is 0 Å². The molecule has 0 aliphatic carbocycles. The SMILES string of the molecule is O=C(CN1CCCC[C@@H]1c1nc2ccccc2s1)N1CC=C(c2ccccc2)CC1. The zero-order chi connectivity index (χ0) is 20.3. The lowest BCUT2D eigenvalue weighted by atomic mass is 9.99. The van der Waals surface area contributed by atoms with E-state index in [9.17, 15) is 4.79 Å². The number of carbonyl (C=O) groups is 1. The Morgan fingerprint density at radius 1 is 1.03 bits per heavy atom. The van der Waals surface area contributed by atoms with Gasteiger partial charge in [-0.2, -0.15) is 0 Å². The second-order valence-electron chi connectivity index (χ2n) is 8.19. The summed E-state index contributed by atoms with van der Waals surface area (Å²) in [7, 11) is 0. The van der Waals surface area contributed by atoms with E-state index < -0.39 is 0 Å². The van der Waals surface area contributed by atoms with E-state index in [2.05, 4.69) is 53.4 Å². The lowest BCUT2D eigenvalue weighted by Gasteiger charge is -2.36. The van der Waals surface area contributed by atoms with Crippen LogP contribution in [0.1, 0.15) is 42.3 Å². The first kappa shape index (κ1) is 19.5. The summed E-state index contributed by atoms with van der Waals surface area (Å²) in [6.07, 6.45) is 6.60. The fourth-order valence-electron chi connectivity index (χ4n) is 4.58. The van der Waals surface area contributed by atoms with Gasteiger partial charge >= 0.3 is 0 Å². The van der Waals surface area contributed by atoms with Crippen molar-refractivity contribution in [2.75, 3.05) is 26.2 Å².